The zero-order chi connectivity index (χ0) is 20.1. The summed E-state index contributed by atoms with van der Waals surface area (Å²) in [6.07, 6.45) is 3.92. The zero-order valence-electron chi connectivity index (χ0n) is 15.6. The Balaban J connectivity index is 1.39. The number of rotatable bonds is 3. The van der Waals surface area contributed by atoms with E-state index in [-0.39, 0.29) is 6.79 Å². The second-order valence-corrected chi connectivity index (χ2v) is 7.89. The summed E-state index contributed by atoms with van der Waals surface area (Å²) < 4.78 is 13.0. The predicted octanol–water partition coefficient (Wildman–Crippen LogP) is 4.50. The van der Waals surface area contributed by atoms with Crippen molar-refractivity contribution in [1.82, 2.24) is 19.6 Å². The molecule has 0 amide bonds. The van der Waals surface area contributed by atoms with Gasteiger partial charge in [-0.05, 0) is 41.5 Å². The predicted molar refractivity (Wildman–Crippen MR) is 116 cm³/mol. The molecule has 0 atom stereocenters. The number of fused-ring (bicyclic) bond motifs is 2. The van der Waals surface area contributed by atoms with Crippen LogP contribution in [0.15, 0.2) is 67.0 Å². The molecule has 0 aliphatic carbocycles. The number of anilines is 1. The molecule has 0 unspecified atom stereocenters. The summed E-state index contributed by atoms with van der Waals surface area (Å²) in [5, 5.41) is 9.31. The number of pyridine rings is 1. The van der Waals surface area contributed by atoms with Gasteiger partial charge in [0.2, 0.25) is 11.9 Å². The summed E-state index contributed by atoms with van der Waals surface area (Å²) in [7, 11) is 0. The van der Waals surface area contributed by atoms with Crippen LogP contribution in [-0.4, -0.2) is 26.4 Å². The lowest BCUT2D eigenvalue weighted by atomic mass is 10.1. The van der Waals surface area contributed by atoms with Crippen LogP contribution < -0.4 is 15.2 Å². The second-order valence-electron chi connectivity index (χ2n) is 6.88. The maximum absolute atomic E-state index is 5.73. The van der Waals surface area contributed by atoms with Crippen LogP contribution in [0.4, 0.5) is 5.13 Å². The Morgan fingerprint density at radius 1 is 0.867 bits per heavy atom. The topological polar surface area (TPSA) is 87.6 Å². The highest BCUT2D eigenvalue weighted by atomic mass is 32.1. The van der Waals surface area contributed by atoms with Gasteiger partial charge in [-0.3, -0.25) is 4.40 Å². The first-order chi connectivity index (χ1) is 14.7. The average Bonchev–Trinajstić information content (AvgIpc) is 3.52. The van der Waals surface area contributed by atoms with Crippen molar-refractivity contribution in [2.75, 3.05) is 12.5 Å². The number of nitrogens with zero attached hydrogens (tertiary/aromatic N) is 4. The van der Waals surface area contributed by atoms with Crippen molar-refractivity contribution in [3.8, 4) is 44.5 Å². The van der Waals surface area contributed by atoms with Crippen molar-refractivity contribution < 1.29 is 9.47 Å². The number of hydrogen-bond acceptors (Lipinski definition) is 7. The highest BCUT2D eigenvalue weighted by Gasteiger charge is 2.15. The van der Waals surface area contributed by atoms with Gasteiger partial charge < -0.3 is 15.2 Å². The summed E-state index contributed by atoms with van der Waals surface area (Å²) in [4.78, 5) is 4.62. The van der Waals surface area contributed by atoms with Gasteiger partial charge in [0.25, 0.3) is 0 Å². The summed E-state index contributed by atoms with van der Waals surface area (Å²) in [6.45, 7) is 0.268. The highest BCUT2D eigenvalue weighted by molar-refractivity contribution is 7.18. The van der Waals surface area contributed by atoms with Gasteiger partial charge in [-0.1, -0.05) is 35.6 Å². The lowest BCUT2D eigenvalue weighted by Gasteiger charge is -2.07. The number of ether oxygens (including phenoxy) is 2. The number of imidazole rings is 1. The normalized spacial score (nSPS) is 12.5. The molecule has 146 valence electrons. The summed E-state index contributed by atoms with van der Waals surface area (Å²) in [6, 6.07) is 18.2. The number of aromatic nitrogens is 4. The first-order valence-electron chi connectivity index (χ1n) is 9.31. The molecule has 1 aliphatic rings. The van der Waals surface area contributed by atoms with Crippen molar-refractivity contribution in [2.24, 2.45) is 0 Å². The molecule has 5 aromatic rings. The highest BCUT2D eigenvalue weighted by Crippen LogP contribution is 2.36. The Morgan fingerprint density at radius 3 is 2.63 bits per heavy atom. The van der Waals surface area contributed by atoms with E-state index in [1.165, 1.54) is 11.3 Å². The van der Waals surface area contributed by atoms with Crippen molar-refractivity contribution >= 4 is 22.1 Å². The summed E-state index contributed by atoms with van der Waals surface area (Å²) in [5.74, 6) is 1.55. The van der Waals surface area contributed by atoms with Gasteiger partial charge in [0, 0.05) is 17.3 Å². The zero-order valence-corrected chi connectivity index (χ0v) is 16.5. The van der Waals surface area contributed by atoms with Crippen LogP contribution in [0.2, 0.25) is 0 Å². The minimum Gasteiger partial charge on any atom is -0.454 e. The Labute approximate surface area is 175 Å². The van der Waals surface area contributed by atoms with E-state index < -0.39 is 0 Å². The molecule has 0 fully saturated rings. The number of hydrogen-bond donors (Lipinski definition) is 1. The van der Waals surface area contributed by atoms with Crippen molar-refractivity contribution in [2.45, 2.75) is 0 Å². The molecular formula is C22H15N5O2S. The largest absolute Gasteiger partial charge is 0.454 e. The van der Waals surface area contributed by atoms with Gasteiger partial charge in [-0.2, -0.15) is 0 Å². The fourth-order valence-corrected chi connectivity index (χ4v) is 4.22. The first-order valence-corrected chi connectivity index (χ1v) is 10.1. The molecule has 2 aromatic carbocycles. The molecule has 0 saturated carbocycles. The molecule has 4 heterocycles. The fourth-order valence-electron chi connectivity index (χ4n) is 3.61. The van der Waals surface area contributed by atoms with Gasteiger partial charge in [0.05, 0.1) is 11.9 Å². The van der Waals surface area contributed by atoms with Gasteiger partial charge >= 0.3 is 0 Å². The first kappa shape index (κ1) is 17.0. The lowest BCUT2D eigenvalue weighted by Crippen LogP contribution is -1.92. The van der Waals surface area contributed by atoms with E-state index in [1.807, 2.05) is 42.7 Å². The van der Waals surface area contributed by atoms with E-state index in [1.54, 1.807) is 0 Å². The maximum Gasteiger partial charge on any atom is 0.231 e. The standard InChI is InChI=1S/C22H15N5O2S/c23-22-26-25-21(30-22)16-3-1-2-15(8-16)17-11-24-20-10-14(6-7-27(17)20)13-4-5-18-19(9-13)29-12-28-18/h1-11H,12H2,(H2,23,26). The van der Waals surface area contributed by atoms with Crippen molar-refractivity contribution in [3.63, 3.8) is 0 Å². The van der Waals surface area contributed by atoms with Gasteiger partial charge in [0.1, 0.15) is 10.7 Å². The van der Waals surface area contributed by atoms with Crippen LogP contribution in [0.1, 0.15) is 0 Å². The molecule has 1 aliphatic heterocycles. The smallest absolute Gasteiger partial charge is 0.231 e. The number of nitrogen functional groups attached to an aromatic ring is 1. The molecule has 6 rings (SSSR count). The van der Waals surface area contributed by atoms with E-state index in [9.17, 15) is 0 Å². The quantitative estimate of drug-likeness (QED) is 0.469. The van der Waals surface area contributed by atoms with Crippen molar-refractivity contribution in [1.29, 1.82) is 0 Å². The van der Waals surface area contributed by atoms with E-state index >= 15 is 0 Å². The number of nitrogens with two attached hydrogens (primary N) is 1. The SMILES string of the molecule is Nc1nnc(-c2cccc(-c3cnc4cc(-c5ccc6c(c5)OCO6)ccn34)c2)s1. The third kappa shape index (κ3) is 2.77. The lowest BCUT2D eigenvalue weighted by molar-refractivity contribution is 0.174. The minimum atomic E-state index is 0.268. The van der Waals surface area contributed by atoms with E-state index in [0.29, 0.717) is 5.13 Å². The Kier molecular flexibility index (Phi) is 3.72. The average molecular weight is 413 g/mol. The summed E-state index contributed by atoms with van der Waals surface area (Å²) in [5.41, 5.74) is 11.7. The molecule has 0 spiro atoms. The van der Waals surface area contributed by atoms with Crippen molar-refractivity contribution in [3.05, 3.63) is 67.0 Å². The summed E-state index contributed by atoms with van der Waals surface area (Å²) >= 11 is 1.37. The molecular weight excluding hydrogens is 398 g/mol. The molecule has 0 saturated heterocycles. The van der Waals surface area contributed by atoms with E-state index in [4.69, 9.17) is 15.2 Å². The molecule has 3 aromatic heterocycles. The Hall–Kier alpha value is -3.91. The molecule has 8 heteroatoms. The van der Waals surface area contributed by atoms with Gasteiger partial charge in [-0.15, -0.1) is 10.2 Å². The third-order valence-corrected chi connectivity index (χ3v) is 5.87. The van der Waals surface area contributed by atoms with Crippen LogP contribution in [0.3, 0.4) is 0 Å². The third-order valence-electron chi connectivity index (χ3n) is 5.07. The molecule has 30 heavy (non-hydrogen) atoms. The number of benzene rings is 2. The van der Waals surface area contributed by atoms with Crippen LogP contribution in [0.5, 0.6) is 11.5 Å². The Bertz CT molecular complexity index is 1410. The van der Waals surface area contributed by atoms with Crippen LogP contribution >= 0.6 is 11.3 Å². The molecule has 0 bridgehead atoms. The monoisotopic (exact) mass is 413 g/mol. The fraction of sp³-hybridized carbons (Fsp3) is 0.0455. The van der Waals surface area contributed by atoms with Crippen LogP contribution in [0, 0.1) is 0 Å². The van der Waals surface area contributed by atoms with Crippen LogP contribution in [-0.2, 0) is 0 Å². The van der Waals surface area contributed by atoms with E-state index in [0.717, 1.165) is 50.1 Å². The minimum absolute atomic E-state index is 0.268. The van der Waals surface area contributed by atoms with Crippen LogP contribution in [0.25, 0.3) is 38.6 Å². The Morgan fingerprint density at radius 2 is 1.73 bits per heavy atom. The van der Waals surface area contributed by atoms with Gasteiger partial charge in [-0.25, -0.2) is 4.98 Å². The van der Waals surface area contributed by atoms with E-state index in [2.05, 4.69) is 43.8 Å². The molecule has 2 N–H and O–H groups in total. The molecule has 7 nitrogen and oxygen atoms in total. The molecule has 0 radical (unpaired) electrons. The van der Waals surface area contributed by atoms with Gasteiger partial charge in [0.15, 0.2) is 11.5 Å². The second kappa shape index (κ2) is 6.57. The maximum atomic E-state index is 5.73.